The fourth-order valence-corrected chi connectivity index (χ4v) is 2.22. The number of carbonyl (C=O) groups is 2. The number of carboxylic acid groups (broad SMARTS) is 1. The van der Waals surface area contributed by atoms with Gasteiger partial charge in [-0.1, -0.05) is 0 Å². The number of likely N-dealkylation sites (tertiary alicyclic amines) is 1. The Morgan fingerprint density at radius 1 is 1.55 bits per heavy atom. The molecular weight excluding hydrogens is 266 g/mol. The van der Waals surface area contributed by atoms with Gasteiger partial charge in [0.05, 0.1) is 12.6 Å². The van der Waals surface area contributed by atoms with Crippen LogP contribution < -0.4 is 0 Å². The van der Waals surface area contributed by atoms with Gasteiger partial charge in [-0.25, -0.2) is 14.6 Å². The molecule has 0 spiro atoms. The zero-order chi connectivity index (χ0) is 14.9. The van der Waals surface area contributed by atoms with Crippen LogP contribution >= 0.6 is 0 Å². The van der Waals surface area contributed by atoms with Crippen molar-refractivity contribution < 1.29 is 19.8 Å². The molecule has 1 aromatic heterocycles. The lowest BCUT2D eigenvalue weighted by Gasteiger charge is -2.26. The maximum absolute atomic E-state index is 12.2. The van der Waals surface area contributed by atoms with Crippen molar-refractivity contribution in [3.05, 3.63) is 11.6 Å². The summed E-state index contributed by atoms with van der Waals surface area (Å²) in [7, 11) is 1.54. The molecule has 0 aliphatic carbocycles. The predicted octanol–water partition coefficient (Wildman–Crippen LogP) is -0.815. The van der Waals surface area contributed by atoms with E-state index in [1.807, 2.05) is 0 Å². The summed E-state index contributed by atoms with van der Waals surface area (Å²) in [4.78, 5) is 29.9. The van der Waals surface area contributed by atoms with Crippen molar-refractivity contribution in [2.75, 3.05) is 13.6 Å². The van der Waals surface area contributed by atoms with E-state index in [0.29, 0.717) is 11.6 Å². The molecule has 3 N–H and O–H groups in total. The normalized spacial score (nSPS) is 22.1. The summed E-state index contributed by atoms with van der Waals surface area (Å²) < 4.78 is 0. The summed E-state index contributed by atoms with van der Waals surface area (Å²) in [6, 6.07) is -1.45. The number of nitrogens with one attached hydrogen (secondary N) is 1. The fourth-order valence-electron chi connectivity index (χ4n) is 2.22. The van der Waals surface area contributed by atoms with Gasteiger partial charge in [0.1, 0.15) is 11.9 Å². The molecule has 0 unspecified atom stereocenters. The van der Waals surface area contributed by atoms with Gasteiger partial charge in [-0.05, 0) is 6.92 Å². The van der Waals surface area contributed by atoms with Gasteiger partial charge in [0.2, 0.25) is 0 Å². The van der Waals surface area contributed by atoms with E-state index in [1.165, 1.54) is 11.9 Å². The molecule has 2 amide bonds. The molecule has 2 rings (SSSR count). The van der Waals surface area contributed by atoms with Crippen molar-refractivity contribution in [1.82, 2.24) is 25.0 Å². The molecule has 0 aromatic carbocycles. The van der Waals surface area contributed by atoms with Crippen LogP contribution in [-0.2, 0) is 11.3 Å². The molecule has 9 heteroatoms. The van der Waals surface area contributed by atoms with Gasteiger partial charge in [-0.2, -0.15) is 5.10 Å². The largest absolute Gasteiger partial charge is 0.480 e. The number of urea groups is 1. The number of aliphatic hydroxyl groups excluding tert-OH is 1. The first kappa shape index (κ1) is 14.3. The molecule has 20 heavy (non-hydrogen) atoms. The van der Waals surface area contributed by atoms with Crippen molar-refractivity contribution in [3.63, 3.8) is 0 Å². The number of aromatic amines is 1. The second-order valence-electron chi connectivity index (χ2n) is 4.87. The average Bonchev–Trinajstić information content (AvgIpc) is 2.94. The van der Waals surface area contributed by atoms with Gasteiger partial charge in [-0.3, -0.25) is 5.10 Å². The molecule has 1 fully saturated rings. The van der Waals surface area contributed by atoms with E-state index in [9.17, 15) is 14.7 Å². The minimum Gasteiger partial charge on any atom is -0.480 e. The lowest BCUT2D eigenvalue weighted by atomic mass is 10.2. The van der Waals surface area contributed by atoms with E-state index < -0.39 is 24.1 Å². The Hall–Kier alpha value is -2.16. The number of β-amino-alcohol motifs (C(OH)–C–C–N with tert-alkyl or cyclic N) is 1. The standard InChI is InChI=1S/C11H17N5O4/c1-6-12-9(14-13-6)5-15(2)11(20)16-4-7(17)3-8(16)10(18)19/h7-8,17H,3-5H2,1-2H3,(H,18,19)(H,12,13,14)/t7-,8+/m1/s1. The average molecular weight is 283 g/mol. The Morgan fingerprint density at radius 2 is 2.25 bits per heavy atom. The monoisotopic (exact) mass is 283 g/mol. The molecule has 1 aliphatic rings. The van der Waals surface area contributed by atoms with Crippen molar-refractivity contribution >= 4 is 12.0 Å². The van der Waals surface area contributed by atoms with E-state index in [4.69, 9.17) is 5.11 Å². The molecule has 9 nitrogen and oxygen atoms in total. The van der Waals surface area contributed by atoms with Gasteiger partial charge < -0.3 is 20.0 Å². The molecule has 0 saturated carbocycles. The quantitative estimate of drug-likeness (QED) is 0.666. The highest BCUT2D eigenvalue weighted by Gasteiger charge is 2.40. The minimum absolute atomic E-state index is 0.0210. The maximum atomic E-state index is 12.2. The molecule has 1 aromatic rings. The van der Waals surface area contributed by atoms with Gasteiger partial charge in [0, 0.05) is 20.0 Å². The number of carbonyl (C=O) groups excluding carboxylic acids is 1. The molecule has 1 aliphatic heterocycles. The van der Waals surface area contributed by atoms with E-state index in [-0.39, 0.29) is 19.5 Å². The number of aromatic nitrogens is 3. The number of aliphatic hydroxyl groups is 1. The zero-order valence-corrected chi connectivity index (χ0v) is 11.3. The Morgan fingerprint density at radius 3 is 2.80 bits per heavy atom. The molecule has 2 heterocycles. The van der Waals surface area contributed by atoms with Crippen molar-refractivity contribution in [1.29, 1.82) is 0 Å². The Balaban J connectivity index is 2.04. The first-order valence-corrected chi connectivity index (χ1v) is 6.19. The Labute approximate surface area is 115 Å². The summed E-state index contributed by atoms with van der Waals surface area (Å²) in [6.45, 7) is 1.94. The fraction of sp³-hybridized carbons (Fsp3) is 0.636. The van der Waals surface area contributed by atoms with Crippen molar-refractivity contribution in [3.8, 4) is 0 Å². The highest BCUT2D eigenvalue weighted by molar-refractivity contribution is 5.83. The van der Waals surface area contributed by atoms with E-state index in [2.05, 4.69) is 15.2 Å². The van der Waals surface area contributed by atoms with E-state index in [0.717, 1.165) is 4.90 Å². The molecule has 2 atom stereocenters. The Bertz CT molecular complexity index is 517. The highest BCUT2D eigenvalue weighted by Crippen LogP contribution is 2.20. The summed E-state index contributed by atoms with van der Waals surface area (Å²) >= 11 is 0. The number of nitrogens with zero attached hydrogens (tertiary/aromatic N) is 4. The van der Waals surface area contributed by atoms with Crippen LogP contribution in [-0.4, -0.2) is 72.9 Å². The molecular formula is C11H17N5O4. The van der Waals surface area contributed by atoms with Crippen LogP contribution in [0.2, 0.25) is 0 Å². The number of carboxylic acids is 1. The van der Waals surface area contributed by atoms with Crippen LogP contribution in [0.25, 0.3) is 0 Å². The third kappa shape index (κ3) is 2.87. The molecule has 1 saturated heterocycles. The number of aliphatic carboxylic acids is 1. The summed E-state index contributed by atoms with van der Waals surface area (Å²) in [6.07, 6.45) is -0.756. The van der Waals surface area contributed by atoms with Gasteiger partial charge in [-0.15, -0.1) is 0 Å². The number of aryl methyl sites for hydroxylation is 1. The number of amides is 2. The summed E-state index contributed by atoms with van der Waals surface area (Å²) in [5.74, 6) is -0.0251. The topological polar surface area (TPSA) is 123 Å². The predicted molar refractivity (Wildman–Crippen MR) is 66.7 cm³/mol. The minimum atomic E-state index is -1.11. The first-order chi connectivity index (χ1) is 9.38. The highest BCUT2D eigenvalue weighted by atomic mass is 16.4. The number of rotatable bonds is 3. The van der Waals surface area contributed by atoms with E-state index >= 15 is 0 Å². The third-order valence-corrected chi connectivity index (χ3v) is 3.16. The maximum Gasteiger partial charge on any atom is 0.326 e. The van der Waals surface area contributed by atoms with Crippen LogP contribution in [0.3, 0.4) is 0 Å². The summed E-state index contributed by atoms with van der Waals surface area (Å²) in [5.41, 5.74) is 0. The van der Waals surface area contributed by atoms with Gasteiger partial charge in [0.25, 0.3) is 0 Å². The number of H-pyrrole nitrogens is 1. The number of hydrogen-bond acceptors (Lipinski definition) is 5. The SMILES string of the molecule is Cc1nc(CN(C)C(=O)N2C[C@H](O)C[C@H]2C(=O)O)n[nH]1. The van der Waals surface area contributed by atoms with Gasteiger partial charge >= 0.3 is 12.0 Å². The second kappa shape index (κ2) is 5.45. The lowest BCUT2D eigenvalue weighted by Crippen LogP contribution is -2.46. The third-order valence-electron chi connectivity index (χ3n) is 3.16. The molecule has 110 valence electrons. The lowest BCUT2D eigenvalue weighted by molar-refractivity contribution is -0.141. The van der Waals surface area contributed by atoms with Crippen molar-refractivity contribution in [2.24, 2.45) is 0 Å². The first-order valence-electron chi connectivity index (χ1n) is 6.19. The van der Waals surface area contributed by atoms with Crippen LogP contribution in [0.5, 0.6) is 0 Å². The van der Waals surface area contributed by atoms with Gasteiger partial charge in [0.15, 0.2) is 5.82 Å². The van der Waals surface area contributed by atoms with Crippen LogP contribution in [0.4, 0.5) is 4.79 Å². The number of hydrogen-bond donors (Lipinski definition) is 3. The second-order valence-corrected chi connectivity index (χ2v) is 4.87. The molecule has 0 bridgehead atoms. The zero-order valence-electron chi connectivity index (χ0n) is 11.3. The molecule has 0 radical (unpaired) electrons. The van der Waals surface area contributed by atoms with Crippen LogP contribution in [0.15, 0.2) is 0 Å². The van der Waals surface area contributed by atoms with Crippen LogP contribution in [0.1, 0.15) is 18.1 Å². The van der Waals surface area contributed by atoms with E-state index in [1.54, 1.807) is 6.92 Å². The van der Waals surface area contributed by atoms with Crippen LogP contribution in [0, 0.1) is 6.92 Å². The van der Waals surface area contributed by atoms with Crippen molar-refractivity contribution in [2.45, 2.75) is 32.0 Å². The Kier molecular flexibility index (Phi) is 3.89. The summed E-state index contributed by atoms with van der Waals surface area (Å²) in [5, 5.41) is 25.2. The smallest absolute Gasteiger partial charge is 0.326 e.